The van der Waals surface area contributed by atoms with E-state index in [-0.39, 0.29) is 11.8 Å². The molecule has 0 fully saturated rings. The third-order valence-electron chi connectivity index (χ3n) is 4.67. The smallest absolute Gasteiger partial charge is 0.257 e. The molecule has 2 rings (SSSR count). The van der Waals surface area contributed by atoms with Crippen molar-refractivity contribution in [1.29, 1.82) is 0 Å². The molecule has 0 bridgehead atoms. The van der Waals surface area contributed by atoms with E-state index in [4.69, 9.17) is 0 Å². The quantitative estimate of drug-likeness (QED) is 0.643. The molecule has 0 aliphatic rings. The highest BCUT2D eigenvalue weighted by atomic mass is 16.2. The molecule has 2 aromatic rings. The molecule has 1 aromatic heterocycles. The highest BCUT2D eigenvalue weighted by molar-refractivity contribution is 6.06. The van der Waals surface area contributed by atoms with Crippen LogP contribution in [-0.4, -0.2) is 36.4 Å². The van der Waals surface area contributed by atoms with Gasteiger partial charge >= 0.3 is 0 Å². The number of hydrogen-bond acceptors (Lipinski definition) is 4. The minimum Gasteiger partial charge on any atom is -0.372 e. The molecule has 1 aromatic carbocycles. The van der Waals surface area contributed by atoms with Crippen LogP contribution in [0.25, 0.3) is 0 Å². The maximum absolute atomic E-state index is 12.6. The fourth-order valence-corrected chi connectivity index (χ4v) is 2.94. The number of pyridine rings is 1. The molecule has 0 spiro atoms. The summed E-state index contributed by atoms with van der Waals surface area (Å²) in [7, 11) is 0. The first-order chi connectivity index (χ1) is 13.5. The largest absolute Gasteiger partial charge is 0.372 e. The Morgan fingerprint density at radius 1 is 1.00 bits per heavy atom. The van der Waals surface area contributed by atoms with Crippen LogP contribution in [-0.2, 0) is 0 Å². The summed E-state index contributed by atoms with van der Waals surface area (Å²) in [6.07, 6.45) is 4.87. The molecule has 1 heterocycles. The molecule has 2 N–H and O–H groups in total. The number of anilines is 2. The normalized spacial score (nSPS) is 10.4. The van der Waals surface area contributed by atoms with Gasteiger partial charge in [-0.3, -0.25) is 14.6 Å². The minimum absolute atomic E-state index is 0.213. The highest BCUT2D eigenvalue weighted by Gasteiger charge is 2.13. The van der Waals surface area contributed by atoms with Gasteiger partial charge < -0.3 is 15.5 Å². The Kier molecular flexibility index (Phi) is 7.99. The van der Waals surface area contributed by atoms with E-state index in [1.807, 2.05) is 19.1 Å². The number of aromatic nitrogens is 1. The summed E-state index contributed by atoms with van der Waals surface area (Å²) in [6.45, 7) is 10.7. The SMILES string of the molecule is CCCCNC(=O)c1cncc(C(=O)Nc2ccc(N(CC)CC)cc2C)c1. The first-order valence-electron chi connectivity index (χ1n) is 9.90. The van der Waals surface area contributed by atoms with Crippen LogP contribution in [0.5, 0.6) is 0 Å². The molecule has 0 aliphatic carbocycles. The molecular weight excluding hydrogens is 352 g/mol. The molecular formula is C22H30N4O2. The Morgan fingerprint density at radius 2 is 1.68 bits per heavy atom. The molecule has 6 nitrogen and oxygen atoms in total. The predicted molar refractivity (Wildman–Crippen MR) is 114 cm³/mol. The second-order valence-electron chi connectivity index (χ2n) is 6.70. The van der Waals surface area contributed by atoms with Gasteiger partial charge in [-0.15, -0.1) is 0 Å². The van der Waals surface area contributed by atoms with E-state index >= 15 is 0 Å². The van der Waals surface area contributed by atoms with Crippen LogP contribution in [0.1, 0.15) is 59.9 Å². The lowest BCUT2D eigenvalue weighted by Crippen LogP contribution is -2.25. The standard InChI is InChI=1S/C22H30N4O2/c1-5-8-11-24-21(27)17-13-18(15-23-14-17)22(28)25-20-10-9-19(12-16(20)4)26(6-2)7-3/h9-10,12-15H,5-8,11H2,1-4H3,(H,24,27)(H,25,28). The van der Waals surface area contributed by atoms with Crippen molar-refractivity contribution < 1.29 is 9.59 Å². The number of nitrogens with one attached hydrogen (secondary N) is 2. The molecule has 2 amide bonds. The fourth-order valence-electron chi connectivity index (χ4n) is 2.94. The van der Waals surface area contributed by atoms with Crippen molar-refractivity contribution in [2.24, 2.45) is 0 Å². The van der Waals surface area contributed by atoms with E-state index in [2.05, 4.69) is 47.4 Å². The number of hydrogen-bond donors (Lipinski definition) is 2. The number of rotatable bonds is 9. The summed E-state index contributed by atoms with van der Waals surface area (Å²) >= 11 is 0. The average Bonchev–Trinajstić information content (AvgIpc) is 2.71. The van der Waals surface area contributed by atoms with Crippen molar-refractivity contribution in [3.05, 3.63) is 53.3 Å². The van der Waals surface area contributed by atoms with Crippen molar-refractivity contribution in [1.82, 2.24) is 10.3 Å². The third-order valence-corrected chi connectivity index (χ3v) is 4.67. The maximum Gasteiger partial charge on any atom is 0.257 e. The van der Waals surface area contributed by atoms with Crippen molar-refractivity contribution in [2.45, 2.75) is 40.5 Å². The van der Waals surface area contributed by atoms with Crippen LogP contribution in [0, 0.1) is 6.92 Å². The molecule has 0 saturated carbocycles. The van der Waals surface area contributed by atoms with Crippen LogP contribution in [0.15, 0.2) is 36.7 Å². The predicted octanol–water partition coefficient (Wildman–Crippen LogP) is 4.02. The Labute approximate surface area is 167 Å². The molecule has 150 valence electrons. The van der Waals surface area contributed by atoms with E-state index < -0.39 is 0 Å². The Hall–Kier alpha value is -2.89. The van der Waals surface area contributed by atoms with Gasteiger partial charge in [0, 0.05) is 43.4 Å². The first kappa shape index (κ1) is 21.4. The van der Waals surface area contributed by atoms with E-state index in [0.29, 0.717) is 17.7 Å². The molecule has 0 saturated heterocycles. The molecule has 0 atom stereocenters. The van der Waals surface area contributed by atoms with Gasteiger partial charge in [0.1, 0.15) is 0 Å². The van der Waals surface area contributed by atoms with Gasteiger partial charge in [0.2, 0.25) is 0 Å². The lowest BCUT2D eigenvalue weighted by molar-refractivity contribution is 0.0953. The monoisotopic (exact) mass is 382 g/mol. The third kappa shape index (κ3) is 5.55. The summed E-state index contributed by atoms with van der Waals surface area (Å²) in [6, 6.07) is 7.56. The second-order valence-corrected chi connectivity index (χ2v) is 6.70. The zero-order chi connectivity index (χ0) is 20.5. The van der Waals surface area contributed by atoms with Crippen molar-refractivity contribution in [3.8, 4) is 0 Å². The van der Waals surface area contributed by atoms with E-state index in [1.54, 1.807) is 6.07 Å². The van der Waals surface area contributed by atoms with Gasteiger partial charge in [0.25, 0.3) is 11.8 Å². The van der Waals surface area contributed by atoms with Gasteiger partial charge in [-0.1, -0.05) is 13.3 Å². The summed E-state index contributed by atoms with van der Waals surface area (Å²) in [5, 5.41) is 5.76. The number of amides is 2. The van der Waals surface area contributed by atoms with Crippen LogP contribution in [0.2, 0.25) is 0 Å². The number of nitrogens with zero attached hydrogens (tertiary/aromatic N) is 2. The van der Waals surface area contributed by atoms with E-state index in [9.17, 15) is 9.59 Å². The summed E-state index contributed by atoms with van der Waals surface area (Å²) in [5.74, 6) is -0.496. The Balaban J connectivity index is 2.10. The average molecular weight is 383 g/mol. The number of carbonyl (C=O) groups excluding carboxylic acids is 2. The minimum atomic E-state index is -0.283. The van der Waals surface area contributed by atoms with Crippen molar-refractivity contribution in [3.63, 3.8) is 0 Å². The van der Waals surface area contributed by atoms with Crippen molar-refractivity contribution in [2.75, 3.05) is 29.9 Å². The van der Waals surface area contributed by atoms with Gasteiger partial charge in [0.15, 0.2) is 0 Å². The molecule has 28 heavy (non-hydrogen) atoms. The van der Waals surface area contributed by atoms with Gasteiger partial charge in [-0.2, -0.15) is 0 Å². The lowest BCUT2D eigenvalue weighted by atomic mass is 10.1. The molecule has 6 heteroatoms. The molecule has 0 radical (unpaired) electrons. The van der Waals surface area contributed by atoms with Crippen LogP contribution >= 0.6 is 0 Å². The first-order valence-corrected chi connectivity index (χ1v) is 9.90. The summed E-state index contributed by atoms with van der Waals surface area (Å²) in [4.78, 5) is 31.1. The lowest BCUT2D eigenvalue weighted by Gasteiger charge is -2.22. The van der Waals surface area contributed by atoms with Crippen LogP contribution in [0.4, 0.5) is 11.4 Å². The van der Waals surface area contributed by atoms with Crippen LogP contribution < -0.4 is 15.5 Å². The number of unbranched alkanes of at least 4 members (excludes halogenated alkanes) is 1. The molecule has 0 unspecified atom stereocenters. The fraction of sp³-hybridized carbons (Fsp3) is 0.409. The van der Waals surface area contributed by atoms with Crippen molar-refractivity contribution >= 4 is 23.2 Å². The molecule has 0 aliphatic heterocycles. The second kappa shape index (κ2) is 10.4. The summed E-state index contributed by atoms with van der Waals surface area (Å²) < 4.78 is 0. The zero-order valence-electron chi connectivity index (χ0n) is 17.2. The van der Waals surface area contributed by atoms with Gasteiger partial charge in [-0.05, 0) is 57.0 Å². The van der Waals surface area contributed by atoms with Gasteiger partial charge in [-0.25, -0.2) is 0 Å². The van der Waals surface area contributed by atoms with E-state index in [1.165, 1.54) is 12.4 Å². The Morgan fingerprint density at radius 3 is 2.29 bits per heavy atom. The maximum atomic E-state index is 12.6. The van der Waals surface area contributed by atoms with Gasteiger partial charge in [0.05, 0.1) is 11.1 Å². The summed E-state index contributed by atoms with van der Waals surface area (Å²) in [5.41, 5.74) is 3.61. The van der Waals surface area contributed by atoms with Crippen LogP contribution in [0.3, 0.4) is 0 Å². The number of aryl methyl sites for hydroxylation is 1. The zero-order valence-corrected chi connectivity index (χ0v) is 17.2. The number of carbonyl (C=O) groups is 2. The highest BCUT2D eigenvalue weighted by Crippen LogP contribution is 2.23. The number of benzene rings is 1. The Bertz CT molecular complexity index is 816. The van der Waals surface area contributed by atoms with E-state index in [0.717, 1.165) is 42.9 Å². The topological polar surface area (TPSA) is 74.3 Å².